The molecule has 19 heavy (non-hydrogen) atoms. The first-order chi connectivity index (χ1) is 8.90. The van der Waals surface area contributed by atoms with Crippen LogP contribution in [0.4, 0.5) is 4.39 Å². The lowest BCUT2D eigenvalue weighted by Crippen LogP contribution is -2.31. The second kappa shape index (κ2) is 7.24. The summed E-state index contributed by atoms with van der Waals surface area (Å²) in [7, 11) is 0. The van der Waals surface area contributed by atoms with Crippen molar-refractivity contribution in [2.45, 2.75) is 46.2 Å². The Kier molecular flexibility index (Phi) is 5.96. The molecular weight excluding hydrogens is 245 g/mol. The van der Waals surface area contributed by atoms with Crippen molar-refractivity contribution < 1.29 is 14.3 Å². The lowest BCUT2D eigenvalue weighted by Gasteiger charge is -2.27. The molecule has 0 fully saturated rings. The van der Waals surface area contributed by atoms with Crippen LogP contribution in [0.2, 0.25) is 0 Å². The van der Waals surface area contributed by atoms with Crippen molar-refractivity contribution in [1.29, 1.82) is 0 Å². The molecule has 4 heteroatoms. The average Bonchev–Trinajstić information content (AvgIpc) is 2.30. The minimum absolute atomic E-state index is 0.186. The second-order valence-electron chi connectivity index (χ2n) is 5.13. The van der Waals surface area contributed by atoms with Crippen LogP contribution in [-0.4, -0.2) is 28.6 Å². The molecule has 1 rings (SSSR count). The molecule has 1 aromatic carbocycles. The van der Waals surface area contributed by atoms with E-state index in [0.717, 1.165) is 24.2 Å². The number of carbonyl (C=O) groups is 1. The Morgan fingerprint density at radius 3 is 2.63 bits per heavy atom. The van der Waals surface area contributed by atoms with E-state index in [1.54, 1.807) is 6.07 Å². The molecule has 0 atom stereocenters. The Bertz CT molecular complexity index is 432. The summed E-state index contributed by atoms with van der Waals surface area (Å²) in [4.78, 5) is 12.8. The number of nitrogens with zero attached hydrogens (tertiary/aromatic N) is 1. The highest BCUT2D eigenvalue weighted by Crippen LogP contribution is 2.15. The van der Waals surface area contributed by atoms with Gasteiger partial charge >= 0.3 is 5.97 Å². The Morgan fingerprint density at radius 2 is 2.11 bits per heavy atom. The van der Waals surface area contributed by atoms with Crippen molar-refractivity contribution in [3.05, 3.63) is 35.1 Å². The molecule has 0 aliphatic carbocycles. The molecule has 0 bridgehead atoms. The van der Waals surface area contributed by atoms with E-state index in [1.165, 1.54) is 12.1 Å². The number of carboxylic acid groups (broad SMARTS) is 1. The van der Waals surface area contributed by atoms with Crippen molar-refractivity contribution in [2.24, 2.45) is 0 Å². The minimum atomic E-state index is -0.762. The van der Waals surface area contributed by atoms with Crippen LogP contribution in [0.5, 0.6) is 0 Å². The number of aryl methyl sites for hydroxylation is 1. The molecule has 0 amide bonds. The maximum atomic E-state index is 13.1. The zero-order valence-electron chi connectivity index (χ0n) is 11.8. The number of carboxylic acids is 1. The zero-order valence-corrected chi connectivity index (χ0v) is 11.8. The summed E-state index contributed by atoms with van der Waals surface area (Å²) in [6.45, 7) is 7.53. The monoisotopic (exact) mass is 267 g/mol. The smallest absolute Gasteiger partial charge is 0.303 e. The highest BCUT2D eigenvalue weighted by atomic mass is 19.1. The van der Waals surface area contributed by atoms with Crippen LogP contribution in [0.15, 0.2) is 18.2 Å². The van der Waals surface area contributed by atoms with Gasteiger partial charge in [0.05, 0.1) is 0 Å². The quantitative estimate of drug-likeness (QED) is 0.824. The Morgan fingerprint density at radius 1 is 1.42 bits per heavy atom. The van der Waals surface area contributed by atoms with Crippen LogP contribution in [-0.2, 0) is 11.3 Å². The minimum Gasteiger partial charge on any atom is -0.481 e. The predicted octanol–water partition coefficient (Wildman–Crippen LogP) is 3.21. The van der Waals surface area contributed by atoms with Crippen LogP contribution in [0.3, 0.4) is 0 Å². The molecule has 0 aliphatic heterocycles. The largest absolute Gasteiger partial charge is 0.481 e. The number of rotatable bonds is 7. The van der Waals surface area contributed by atoms with Gasteiger partial charge in [0.1, 0.15) is 5.82 Å². The first-order valence-corrected chi connectivity index (χ1v) is 6.61. The van der Waals surface area contributed by atoms with Gasteiger partial charge in [0.25, 0.3) is 0 Å². The average molecular weight is 267 g/mol. The molecule has 106 valence electrons. The SMILES string of the molecule is Cc1cc(F)ccc1CN(CCCC(=O)O)C(C)C. The van der Waals surface area contributed by atoms with Crippen molar-refractivity contribution >= 4 is 5.97 Å². The number of halogens is 1. The van der Waals surface area contributed by atoms with E-state index in [0.29, 0.717) is 12.5 Å². The topological polar surface area (TPSA) is 40.5 Å². The third kappa shape index (κ3) is 5.39. The van der Waals surface area contributed by atoms with Gasteiger partial charge in [-0.2, -0.15) is 0 Å². The van der Waals surface area contributed by atoms with E-state index in [4.69, 9.17) is 5.11 Å². The summed E-state index contributed by atoms with van der Waals surface area (Å²) in [6.07, 6.45) is 0.819. The normalized spacial score (nSPS) is 11.3. The van der Waals surface area contributed by atoms with Gasteiger partial charge in [-0.1, -0.05) is 6.07 Å². The number of hydrogen-bond acceptors (Lipinski definition) is 2. The van der Waals surface area contributed by atoms with E-state index < -0.39 is 5.97 Å². The fourth-order valence-electron chi connectivity index (χ4n) is 2.01. The van der Waals surface area contributed by atoms with Crippen LogP contribution < -0.4 is 0 Å². The molecule has 0 heterocycles. The highest BCUT2D eigenvalue weighted by Gasteiger charge is 2.12. The first-order valence-electron chi connectivity index (χ1n) is 6.61. The van der Waals surface area contributed by atoms with E-state index in [-0.39, 0.29) is 12.2 Å². The second-order valence-corrected chi connectivity index (χ2v) is 5.13. The van der Waals surface area contributed by atoms with Gasteiger partial charge in [0.15, 0.2) is 0 Å². The van der Waals surface area contributed by atoms with Crippen molar-refractivity contribution in [1.82, 2.24) is 4.90 Å². The lowest BCUT2D eigenvalue weighted by molar-refractivity contribution is -0.137. The van der Waals surface area contributed by atoms with E-state index in [2.05, 4.69) is 18.7 Å². The molecule has 0 unspecified atom stereocenters. The third-order valence-corrected chi connectivity index (χ3v) is 3.24. The summed E-state index contributed by atoms with van der Waals surface area (Å²) in [5.41, 5.74) is 2.02. The van der Waals surface area contributed by atoms with Crippen LogP contribution >= 0.6 is 0 Å². The number of aliphatic carboxylic acids is 1. The molecule has 0 spiro atoms. The maximum absolute atomic E-state index is 13.1. The molecule has 0 saturated carbocycles. The summed E-state index contributed by atoms with van der Waals surface area (Å²) in [5.74, 6) is -0.982. The Hall–Kier alpha value is -1.42. The van der Waals surface area contributed by atoms with Gasteiger partial charge in [-0.15, -0.1) is 0 Å². The molecule has 0 radical (unpaired) electrons. The molecular formula is C15H22FNO2. The van der Waals surface area contributed by atoms with Crippen molar-refractivity contribution in [3.8, 4) is 0 Å². The molecule has 0 saturated heterocycles. The third-order valence-electron chi connectivity index (χ3n) is 3.24. The van der Waals surface area contributed by atoms with Gasteiger partial charge in [0.2, 0.25) is 0 Å². The van der Waals surface area contributed by atoms with E-state index in [1.807, 2.05) is 6.92 Å². The molecule has 3 nitrogen and oxygen atoms in total. The lowest BCUT2D eigenvalue weighted by atomic mass is 10.1. The van der Waals surface area contributed by atoms with Gasteiger partial charge in [-0.05, 0) is 57.0 Å². The fraction of sp³-hybridized carbons (Fsp3) is 0.533. The van der Waals surface area contributed by atoms with Crippen molar-refractivity contribution in [2.75, 3.05) is 6.54 Å². The first kappa shape index (κ1) is 15.6. The van der Waals surface area contributed by atoms with Gasteiger partial charge in [-0.3, -0.25) is 9.69 Å². The summed E-state index contributed by atoms with van der Waals surface area (Å²) >= 11 is 0. The summed E-state index contributed by atoms with van der Waals surface area (Å²) < 4.78 is 13.1. The molecule has 0 aliphatic rings. The summed E-state index contributed by atoms with van der Waals surface area (Å²) in [6, 6.07) is 5.14. The number of benzene rings is 1. The van der Waals surface area contributed by atoms with Gasteiger partial charge in [-0.25, -0.2) is 4.39 Å². The maximum Gasteiger partial charge on any atom is 0.303 e. The van der Waals surface area contributed by atoms with Crippen LogP contribution in [0.1, 0.15) is 37.8 Å². The zero-order chi connectivity index (χ0) is 14.4. The molecule has 1 N–H and O–H groups in total. The molecule has 0 aromatic heterocycles. The van der Waals surface area contributed by atoms with Crippen LogP contribution in [0, 0.1) is 12.7 Å². The Balaban J connectivity index is 2.64. The highest BCUT2D eigenvalue weighted by molar-refractivity contribution is 5.66. The standard InChI is InChI=1S/C15H22FNO2/c1-11(2)17(8-4-5-15(18)19)10-13-6-7-14(16)9-12(13)3/h6-7,9,11H,4-5,8,10H2,1-3H3,(H,18,19). The summed E-state index contributed by atoms with van der Waals surface area (Å²) in [5, 5.41) is 8.67. The predicted molar refractivity (Wildman–Crippen MR) is 73.6 cm³/mol. The van der Waals surface area contributed by atoms with Gasteiger partial charge < -0.3 is 5.11 Å². The van der Waals surface area contributed by atoms with Gasteiger partial charge in [0, 0.05) is 19.0 Å². The van der Waals surface area contributed by atoms with Crippen molar-refractivity contribution in [3.63, 3.8) is 0 Å². The van der Waals surface area contributed by atoms with Crippen LogP contribution in [0.25, 0.3) is 0 Å². The van der Waals surface area contributed by atoms with E-state index >= 15 is 0 Å². The van der Waals surface area contributed by atoms with E-state index in [9.17, 15) is 9.18 Å². The molecule has 1 aromatic rings. The fourth-order valence-corrected chi connectivity index (χ4v) is 2.01. The Labute approximate surface area is 114 Å². The number of hydrogen-bond donors (Lipinski definition) is 1.